The molecule has 290 valence electrons. The molecule has 0 fully saturated rings. The first-order valence-electron chi connectivity index (χ1n) is 12.7. The molecule has 2 N–H and O–H groups in total. The predicted molar refractivity (Wildman–Crippen MR) is 256 cm³/mol. The summed E-state index contributed by atoms with van der Waals surface area (Å²) in [6, 6.07) is -11.7. The van der Waals surface area contributed by atoms with Gasteiger partial charge in [0, 0.05) is 8.80 Å². The SMILES string of the molecule is C.CC(B(Cl)C(C)[Si](Cl)(Cl)Cl)[Si](Cl)(Cl)Cl.CC(B(N[Si](Cl)(Cl)Cl)C(C)[Si](Cl)(Cl)Cl)[Si](Cl)(Cl)Cl.C[SiH](C)C.C[Si](C)(C)N[Si](Cl)(Cl)Cl.[Cl-]. The molecule has 0 heterocycles. The fraction of sp³-hybridized carbons (Fsp3) is 1.00. The maximum Gasteiger partial charge on any atom is 0.415 e. The first-order valence-corrected chi connectivity index (χ1v) is 50.6. The number of halogens is 20. The molecule has 0 spiro atoms. The molecule has 32 heteroatoms. The molecule has 4 unspecified atom stereocenters. The highest BCUT2D eigenvalue weighted by molar-refractivity contribution is 7.71. The van der Waals surface area contributed by atoms with Gasteiger partial charge in [0.1, 0.15) is 8.24 Å². The van der Waals surface area contributed by atoms with Gasteiger partial charge in [-0.2, -0.15) is 11.5 Å². The molecule has 0 aliphatic heterocycles. The molecular formula is C15H41B2Cl20N2Si8-. The second-order valence-corrected chi connectivity index (χ2v) is 73.4. The number of hydrogen-bond acceptors (Lipinski definition) is 2. The average Bonchev–Trinajstić information content (AvgIpc) is 2.69. The van der Waals surface area contributed by atoms with Crippen molar-refractivity contribution >= 4 is 277 Å². The summed E-state index contributed by atoms with van der Waals surface area (Å²) in [5, 5.41) is 0. The Morgan fingerprint density at radius 2 is 0.702 bits per heavy atom. The first kappa shape index (κ1) is 66.4. The van der Waals surface area contributed by atoms with E-state index in [2.05, 4.69) is 48.8 Å². The summed E-state index contributed by atoms with van der Waals surface area (Å²) in [5.74, 6) is 0. The van der Waals surface area contributed by atoms with Crippen molar-refractivity contribution in [2.24, 2.45) is 0 Å². The summed E-state index contributed by atoms with van der Waals surface area (Å²) in [7, 11) is -1.52. The highest BCUT2D eigenvalue weighted by Crippen LogP contribution is 2.46. The zero-order valence-corrected chi connectivity index (χ0v) is 49.4. The molecule has 0 bridgehead atoms. The van der Waals surface area contributed by atoms with Crippen molar-refractivity contribution in [3.8, 4) is 0 Å². The lowest BCUT2D eigenvalue weighted by atomic mass is 9.57. The minimum absolute atomic E-state index is 0. The largest absolute Gasteiger partial charge is 1.00 e. The van der Waals surface area contributed by atoms with E-state index in [0.29, 0.717) is 0 Å². The van der Waals surface area contributed by atoms with E-state index in [4.69, 9.17) is 211 Å². The fourth-order valence-corrected chi connectivity index (χ4v) is 26.3. The third-order valence-electron chi connectivity index (χ3n) is 4.94. The van der Waals surface area contributed by atoms with Crippen molar-refractivity contribution in [3.05, 3.63) is 0 Å². The quantitative estimate of drug-likeness (QED) is 0.150. The second kappa shape index (κ2) is 28.1. The van der Waals surface area contributed by atoms with Crippen molar-refractivity contribution in [3.63, 3.8) is 0 Å². The van der Waals surface area contributed by atoms with Gasteiger partial charge in [-0.05, 0) is 21.8 Å². The van der Waals surface area contributed by atoms with E-state index in [1.54, 1.807) is 27.7 Å². The summed E-state index contributed by atoms with van der Waals surface area (Å²) < 4.78 is 3.03. The Balaban J connectivity index is -0.000000129. The molecular weight excluding hydrogens is 1160 g/mol. The second-order valence-electron chi connectivity index (χ2n) is 11.5. The molecule has 0 saturated carbocycles. The Morgan fingerprint density at radius 3 is 0.809 bits per heavy atom. The van der Waals surface area contributed by atoms with Gasteiger partial charge in [0.25, 0.3) is 6.13 Å². The fourth-order valence-electron chi connectivity index (χ4n) is 2.50. The van der Waals surface area contributed by atoms with Crippen molar-refractivity contribution in [1.29, 1.82) is 0 Å². The van der Waals surface area contributed by atoms with Crippen molar-refractivity contribution in [1.82, 2.24) is 9.54 Å². The van der Waals surface area contributed by atoms with E-state index in [-0.39, 0.29) is 50.4 Å². The van der Waals surface area contributed by atoms with E-state index in [1.165, 1.54) is 0 Å². The highest BCUT2D eigenvalue weighted by atomic mass is 35.9. The lowest BCUT2D eigenvalue weighted by Gasteiger charge is -2.34. The van der Waals surface area contributed by atoms with E-state index < -0.39 is 57.6 Å². The lowest BCUT2D eigenvalue weighted by Crippen LogP contribution is -3.00. The summed E-state index contributed by atoms with van der Waals surface area (Å²) >= 11 is 112. The zero-order chi connectivity index (χ0) is 38.0. The number of nitrogens with one attached hydrogen (secondary N) is 2. The number of rotatable bonds is 12. The van der Waals surface area contributed by atoms with Crippen LogP contribution < -0.4 is 21.9 Å². The normalized spacial score (nSPS) is 15.4. The van der Waals surface area contributed by atoms with Gasteiger partial charge >= 0.3 is 36.3 Å². The maximum atomic E-state index is 6.11. The Morgan fingerprint density at radius 1 is 0.489 bits per heavy atom. The zero-order valence-electron chi connectivity index (χ0n) is 26.1. The molecule has 0 saturated heterocycles. The van der Waals surface area contributed by atoms with Crippen LogP contribution in [0.2, 0.25) is 61.0 Å². The molecule has 0 aromatic heterocycles. The maximum absolute atomic E-state index is 6.11. The van der Waals surface area contributed by atoms with E-state index in [0.717, 1.165) is 0 Å². The smallest absolute Gasteiger partial charge is 0.415 e. The standard InChI is InChI=1S/C4H9BCl9NSi3.C4H8BCl7Si2.C3H10Cl3NSi2.C3H10Si.CH4.ClH/c1-3(16(6,7)8)5(15-18(12,13)14)4(2)17(9,10)11;1-3(13(7,8)9)5(6)4(2)14(10,11)12;1-8(2,3)7-9(4,5)6;1-4(2)3;;/h3-4,15H,1-2H3;3-4H,1-2H3;7H,1-3H3;4H,1-3H3;1H4;1H/p-1. The van der Waals surface area contributed by atoms with Gasteiger partial charge < -0.3 is 21.9 Å². The molecule has 0 aliphatic rings. The minimum atomic E-state index is -3.14. The Labute approximate surface area is 389 Å². The monoisotopic (exact) mass is 1190 g/mol. The van der Waals surface area contributed by atoms with E-state index >= 15 is 0 Å². The minimum Gasteiger partial charge on any atom is -1.00 e. The van der Waals surface area contributed by atoms with Crippen molar-refractivity contribution < 1.29 is 12.4 Å². The Kier molecular flexibility index (Phi) is 39.7. The van der Waals surface area contributed by atoms with Crippen LogP contribution in [-0.2, 0) is 0 Å². The molecule has 0 amide bonds. The first-order chi connectivity index (χ1) is 19.1. The topological polar surface area (TPSA) is 24.1 Å². The summed E-state index contributed by atoms with van der Waals surface area (Å²) in [4.78, 5) is 2.87. The predicted octanol–water partition coefficient (Wildman–Crippen LogP) is 12.6. The molecule has 0 aliphatic carbocycles. The van der Waals surface area contributed by atoms with Gasteiger partial charge in [-0.25, -0.2) is 0 Å². The van der Waals surface area contributed by atoms with Crippen LogP contribution in [0.5, 0.6) is 0 Å². The van der Waals surface area contributed by atoms with Crippen LogP contribution in [0.4, 0.5) is 0 Å². The molecule has 2 nitrogen and oxygen atoms in total. The van der Waals surface area contributed by atoms with Gasteiger partial charge in [-0.1, -0.05) is 74.4 Å². The van der Waals surface area contributed by atoms with Gasteiger partial charge in [-0.15, -0.1) is 199 Å². The van der Waals surface area contributed by atoms with Gasteiger partial charge in [-0.3, -0.25) is 0 Å². The van der Waals surface area contributed by atoms with Crippen LogP contribution >= 0.6 is 211 Å². The van der Waals surface area contributed by atoms with Crippen LogP contribution in [-0.4, -0.2) is 66.4 Å². The summed E-state index contributed by atoms with van der Waals surface area (Å²) in [5.41, 5.74) is -1.20. The van der Waals surface area contributed by atoms with Crippen LogP contribution in [0.1, 0.15) is 35.1 Å². The molecule has 0 rings (SSSR count). The molecule has 0 aromatic rings. The van der Waals surface area contributed by atoms with Crippen molar-refractivity contribution in [2.75, 3.05) is 0 Å². The molecule has 4 atom stereocenters. The molecule has 0 aromatic carbocycles. The van der Waals surface area contributed by atoms with Gasteiger partial charge in [0.15, 0.2) is 0 Å². The van der Waals surface area contributed by atoms with E-state index in [1.807, 2.05) is 0 Å². The number of hydrogen-bond donors (Lipinski definition) is 2. The van der Waals surface area contributed by atoms with Crippen LogP contribution in [0.25, 0.3) is 0 Å². The highest BCUT2D eigenvalue weighted by Gasteiger charge is 2.52. The third kappa shape index (κ3) is 41.5. The molecule has 47 heavy (non-hydrogen) atoms. The van der Waals surface area contributed by atoms with Gasteiger partial charge in [0.05, 0.1) is 0 Å². The summed E-state index contributed by atoms with van der Waals surface area (Å²) in [6.07, 6.45) is -6.12. The third-order valence-corrected chi connectivity index (χ3v) is 32.4. The molecule has 0 radical (unpaired) electrons. The van der Waals surface area contributed by atoms with Gasteiger partial charge in [0.2, 0.25) is 6.85 Å². The van der Waals surface area contributed by atoms with Crippen LogP contribution in [0.3, 0.4) is 0 Å². The summed E-state index contributed by atoms with van der Waals surface area (Å²) in [6.45, 7) is 19.8. The van der Waals surface area contributed by atoms with E-state index in [9.17, 15) is 0 Å². The Bertz CT molecular complexity index is 748. The average molecular weight is 1200 g/mol. The van der Waals surface area contributed by atoms with Crippen LogP contribution in [0.15, 0.2) is 0 Å². The Hall–Kier alpha value is 7.58. The van der Waals surface area contributed by atoms with Crippen LogP contribution in [0, 0.1) is 0 Å². The lowest BCUT2D eigenvalue weighted by molar-refractivity contribution is -0.00000909. The van der Waals surface area contributed by atoms with Crippen molar-refractivity contribution in [2.45, 2.75) is 96.2 Å².